The van der Waals surface area contributed by atoms with Gasteiger partial charge in [0.1, 0.15) is 17.6 Å². The van der Waals surface area contributed by atoms with E-state index in [1.807, 2.05) is 54.6 Å². The van der Waals surface area contributed by atoms with E-state index in [9.17, 15) is 0 Å². The highest BCUT2D eigenvalue weighted by Gasteiger charge is 2.12. The molecular formula is C17H17ClO2. The van der Waals surface area contributed by atoms with Gasteiger partial charge in [0.05, 0.1) is 7.11 Å². The zero-order valence-corrected chi connectivity index (χ0v) is 12.1. The van der Waals surface area contributed by atoms with E-state index in [2.05, 4.69) is 6.58 Å². The van der Waals surface area contributed by atoms with Crippen molar-refractivity contribution in [2.24, 2.45) is 0 Å². The van der Waals surface area contributed by atoms with Gasteiger partial charge in [0.2, 0.25) is 0 Å². The Morgan fingerprint density at radius 3 is 2.45 bits per heavy atom. The molecule has 104 valence electrons. The standard InChI is InChI=1S/C17H17ClO2/c1-3-5-17(13-6-4-7-14(18)12-13)20-16-10-8-15(19-2)9-11-16/h3-4,6-12,17H,1,5H2,2H3. The van der Waals surface area contributed by atoms with Gasteiger partial charge in [0.15, 0.2) is 0 Å². The highest BCUT2D eigenvalue weighted by molar-refractivity contribution is 6.30. The molecule has 20 heavy (non-hydrogen) atoms. The molecular weight excluding hydrogens is 272 g/mol. The number of halogens is 1. The first-order valence-electron chi connectivity index (χ1n) is 6.40. The summed E-state index contributed by atoms with van der Waals surface area (Å²) in [6.45, 7) is 3.78. The van der Waals surface area contributed by atoms with Crippen molar-refractivity contribution in [1.29, 1.82) is 0 Å². The summed E-state index contributed by atoms with van der Waals surface area (Å²) >= 11 is 6.03. The van der Waals surface area contributed by atoms with Crippen LogP contribution in [0.3, 0.4) is 0 Å². The maximum atomic E-state index is 6.03. The Hall–Kier alpha value is -1.93. The van der Waals surface area contributed by atoms with Crippen molar-refractivity contribution in [3.05, 3.63) is 71.8 Å². The molecule has 0 radical (unpaired) electrons. The average Bonchev–Trinajstić information content (AvgIpc) is 2.47. The maximum Gasteiger partial charge on any atom is 0.127 e. The smallest absolute Gasteiger partial charge is 0.127 e. The molecule has 1 atom stereocenters. The van der Waals surface area contributed by atoms with E-state index in [1.165, 1.54) is 0 Å². The molecule has 0 spiro atoms. The van der Waals surface area contributed by atoms with Crippen LogP contribution >= 0.6 is 11.6 Å². The SMILES string of the molecule is C=CCC(Oc1ccc(OC)cc1)c1cccc(Cl)c1. The molecule has 0 saturated heterocycles. The van der Waals surface area contributed by atoms with Gasteiger partial charge in [-0.1, -0.05) is 29.8 Å². The van der Waals surface area contributed by atoms with Gasteiger partial charge in [0, 0.05) is 11.4 Å². The second kappa shape index (κ2) is 7.01. The van der Waals surface area contributed by atoms with E-state index in [0.717, 1.165) is 17.1 Å². The van der Waals surface area contributed by atoms with Crippen molar-refractivity contribution in [2.45, 2.75) is 12.5 Å². The van der Waals surface area contributed by atoms with E-state index < -0.39 is 0 Å². The monoisotopic (exact) mass is 288 g/mol. The molecule has 0 fully saturated rings. The van der Waals surface area contributed by atoms with E-state index in [0.29, 0.717) is 11.4 Å². The van der Waals surface area contributed by atoms with E-state index in [-0.39, 0.29) is 6.10 Å². The van der Waals surface area contributed by atoms with Gasteiger partial charge in [-0.05, 0) is 42.0 Å². The highest BCUT2D eigenvalue weighted by atomic mass is 35.5. The van der Waals surface area contributed by atoms with Crippen LogP contribution < -0.4 is 9.47 Å². The summed E-state index contributed by atoms with van der Waals surface area (Å²) in [7, 11) is 1.64. The van der Waals surface area contributed by atoms with Crippen LogP contribution in [0.4, 0.5) is 0 Å². The molecule has 0 amide bonds. The van der Waals surface area contributed by atoms with Crippen molar-refractivity contribution < 1.29 is 9.47 Å². The molecule has 0 N–H and O–H groups in total. The third-order valence-electron chi connectivity index (χ3n) is 2.94. The van der Waals surface area contributed by atoms with Gasteiger partial charge in [0.25, 0.3) is 0 Å². The average molecular weight is 289 g/mol. The fourth-order valence-electron chi connectivity index (χ4n) is 1.93. The third-order valence-corrected chi connectivity index (χ3v) is 3.17. The maximum absolute atomic E-state index is 6.03. The Morgan fingerprint density at radius 1 is 1.15 bits per heavy atom. The number of hydrogen-bond acceptors (Lipinski definition) is 2. The highest BCUT2D eigenvalue weighted by Crippen LogP contribution is 2.28. The molecule has 0 aliphatic heterocycles. The van der Waals surface area contributed by atoms with Crippen molar-refractivity contribution >= 4 is 11.6 Å². The lowest BCUT2D eigenvalue weighted by molar-refractivity contribution is 0.209. The summed E-state index contributed by atoms with van der Waals surface area (Å²) in [5.74, 6) is 1.60. The third kappa shape index (κ3) is 3.78. The van der Waals surface area contributed by atoms with Crippen LogP contribution in [-0.4, -0.2) is 7.11 Å². The fraction of sp³-hybridized carbons (Fsp3) is 0.176. The number of rotatable bonds is 6. The Kier molecular flexibility index (Phi) is 5.08. The van der Waals surface area contributed by atoms with Crippen LogP contribution in [0.2, 0.25) is 5.02 Å². The van der Waals surface area contributed by atoms with Gasteiger partial charge < -0.3 is 9.47 Å². The van der Waals surface area contributed by atoms with Gasteiger partial charge in [-0.15, -0.1) is 6.58 Å². The van der Waals surface area contributed by atoms with Crippen molar-refractivity contribution in [2.75, 3.05) is 7.11 Å². The minimum Gasteiger partial charge on any atom is -0.497 e. The van der Waals surface area contributed by atoms with Crippen LogP contribution in [0.25, 0.3) is 0 Å². The molecule has 3 heteroatoms. The van der Waals surface area contributed by atoms with Gasteiger partial charge in [-0.2, -0.15) is 0 Å². The number of benzene rings is 2. The first-order valence-corrected chi connectivity index (χ1v) is 6.78. The van der Waals surface area contributed by atoms with Gasteiger partial charge in [-0.25, -0.2) is 0 Å². The lowest BCUT2D eigenvalue weighted by Crippen LogP contribution is -2.06. The molecule has 0 aromatic heterocycles. The Labute approximate surface area is 124 Å². The van der Waals surface area contributed by atoms with Crippen LogP contribution in [-0.2, 0) is 0 Å². The summed E-state index contributed by atoms with van der Waals surface area (Å²) in [4.78, 5) is 0. The van der Waals surface area contributed by atoms with Crippen molar-refractivity contribution in [1.82, 2.24) is 0 Å². The largest absolute Gasteiger partial charge is 0.497 e. The van der Waals surface area contributed by atoms with E-state index in [1.54, 1.807) is 7.11 Å². The first-order chi connectivity index (χ1) is 9.72. The van der Waals surface area contributed by atoms with Gasteiger partial charge >= 0.3 is 0 Å². The van der Waals surface area contributed by atoms with Crippen LogP contribution in [0.15, 0.2) is 61.2 Å². The van der Waals surface area contributed by atoms with E-state index >= 15 is 0 Å². The minimum absolute atomic E-state index is 0.0976. The molecule has 2 nitrogen and oxygen atoms in total. The topological polar surface area (TPSA) is 18.5 Å². The number of ether oxygens (including phenoxy) is 2. The Morgan fingerprint density at radius 2 is 1.85 bits per heavy atom. The summed E-state index contributed by atoms with van der Waals surface area (Å²) in [5.41, 5.74) is 1.04. The summed E-state index contributed by atoms with van der Waals surface area (Å²) < 4.78 is 11.1. The van der Waals surface area contributed by atoms with Crippen molar-refractivity contribution in [3.8, 4) is 11.5 Å². The zero-order chi connectivity index (χ0) is 14.4. The van der Waals surface area contributed by atoms with Crippen LogP contribution in [0.5, 0.6) is 11.5 Å². The first kappa shape index (κ1) is 14.5. The number of methoxy groups -OCH3 is 1. The quantitative estimate of drug-likeness (QED) is 0.693. The Balaban J connectivity index is 2.18. The second-order valence-electron chi connectivity index (χ2n) is 4.36. The van der Waals surface area contributed by atoms with Crippen molar-refractivity contribution in [3.63, 3.8) is 0 Å². The fourth-order valence-corrected chi connectivity index (χ4v) is 2.13. The zero-order valence-electron chi connectivity index (χ0n) is 11.4. The molecule has 2 aromatic rings. The van der Waals surface area contributed by atoms with E-state index in [4.69, 9.17) is 21.1 Å². The van der Waals surface area contributed by atoms with Gasteiger partial charge in [-0.3, -0.25) is 0 Å². The molecule has 2 aromatic carbocycles. The van der Waals surface area contributed by atoms with Crippen LogP contribution in [0, 0.1) is 0 Å². The lowest BCUT2D eigenvalue weighted by atomic mass is 10.1. The predicted octanol–water partition coefficient (Wildman–Crippen LogP) is 5.04. The predicted molar refractivity (Wildman–Crippen MR) is 82.6 cm³/mol. The molecule has 2 rings (SSSR count). The molecule has 0 bridgehead atoms. The normalized spacial score (nSPS) is 11.7. The molecule has 0 heterocycles. The second-order valence-corrected chi connectivity index (χ2v) is 4.80. The molecule has 1 unspecified atom stereocenters. The lowest BCUT2D eigenvalue weighted by Gasteiger charge is -2.18. The minimum atomic E-state index is -0.0976. The summed E-state index contributed by atoms with van der Waals surface area (Å²) in [6.07, 6.45) is 2.46. The summed E-state index contributed by atoms with van der Waals surface area (Å²) in [6, 6.07) is 15.2. The summed E-state index contributed by atoms with van der Waals surface area (Å²) in [5, 5.41) is 0.704. The Bertz CT molecular complexity index is 563. The molecule has 0 aliphatic rings. The number of hydrogen-bond donors (Lipinski definition) is 0. The molecule has 0 saturated carbocycles. The molecule has 0 aliphatic carbocycles. The van der Waals surface area contributed by atoms with Crippen LogP contribution in [0.1, 0.15) is 18.1 Å².